The van der Waals surface area contributed by atoms with Crippen LogP contribution >= 0.6 is 0 Å². The molecule has 0 aliphatic heterocycles. The average Bonchev–Trinajstić information content (AvgIpc) is 2.69. The molecule has 2 aliphatic carbocycles. The standard InChI is InChI=1S/C20H28N2O5S/c23-19(17-8-4-5-9-18(17)20(24)25)21-14-10-12-16(13-11-14)28(26,27)22-15-6-2-1-3-7-15/h10-13,15,17-18,22H,1-9H2,(H,21,23)(H,24,25)/t17-,18-/m0/s1. The van der Waals surface area contributed by atoms with Gasteiger partial charge in [0, 0.05) is 11.7 Å². The van der Waals surface area contributed by atoms with Gasteiger partial charge in [0.15, 0.2) is 0 Å². The van der Waals surface area contributed by atoms with E-state index in [1.165, 1.54) is 12.1 Å². The van der Waals surface area contributed by atoms with Crippen molar-refractivity contribution in [3.63, 3.8) is 0 Å². The summed E-state index contributed by atoms with van der Waals surface area (Å²) in [7, 11) is -3.59. The number of aliphatic carboxylic acids is 1. The van der Waals surface area contributed by atoms with Crippen LogP contribution in [0.5, 0.6) is 0 Å². The number of hydrogen-bond acceptors (Lipinski definition) is 4. The summed E-state index contributed by atoms with van der Waals surface area (Å²) >= 11 is 0. The van der Waals surface area contributed by atoms with Crippen LogP contribution in [0, 0.1) is 11.8 Å². The quantitative estimate of drug-likeness (QED) is 0.669. The Kier molecular flexibility index (Phi) is 6.72. The molecule has 3 rings (SSSR count). The van der Waals surface area contributed by atoms with Gasteiger partial charge in [0.2, 0.25) is 15.9 Å². The second-order valence-corrected chi connectivity index (χ2v) is 9.52. The van der Waals surface area contributed by atoms with E-state index in [0.717, 1.165) is 44.9 Å². The largest absolute Gasteiger partial charge is 0.481 e. The van der Waals surface area contributed by atoms with Gasteiger partial charge in [-0.2, -0.15) is 0 Å². The molecular formula is C20H28N2O5S. The van der Waals surface area contributed by atoms with Crippen LogP contribution in [-0.4, -0.2) is 31.4 Å². The molecular weight excluding hydrogens is 380 g/mol. The summed E-state index contributed by atoms with van der Waals surface area (Å²) in [5.41, 5.74) is 0.469. The zero-order valence-corrected chi connectivity index (χ0v) is 16.7. The van der Waals surface area contributed by atoms with E-state index in [1.54, 1.807) is 12.1 Å². The Hall–Kier alpha value is -1.93. The van der Waals surface area contributed by atoms with E-state index in [9.17, 15) is 23.1 Å². The summed E-state index contributed by atoms with van der Waals surface area (Å²) in [6.07, 6.45) is 7.67. The highest BCUT2D eigenvalue weighted by Crippen LogP contribution is 2.31. The number of anilines is 1. The first-order chi connectivity index (χ1) is 13.4. The molecule has 0 spiro atoms. The van der Waals surface area contributed by atoms with Crippen molar-refractivity contribution in [1.29, 1.82) is 0 Å². The number of carboxylic acids is 1. The molecule has 0 heterocycles. The lowest BCUT2D eigenvalue weighted by Crippen LogP contribution is -2.36. The van der Waals surface area contributed by atoms with Crippen molar-refractivity contribution in [2.24, 2.45) is 11.8 Å². The van der Waals surface area contributed by atoms with Crippen molar-refractivity contribution in [3.8, 4) is 0 Å². The predicted octanol–water partition coefficient (Wildman–Crippen LogP) is 3.13. The Morgan fingerprint density at radius 2 is 1.43 bits per heavy atom. The van der Waals surface area contributed by atoms with Crippen molar-refractivity contribution < 1.29 is 23.1 Å². The fraction of sp³-hybridized carbons (Fsp3) is 0.600. The number of benzene rings is 1. The Bertz CT molecular complexity index is 800. The van der Waals surface area contributed by atoms with Gasteiger partial charge in [-0.15, -0.1) is 0 Å². The highest BCUT2D eigenvalue weighted by atomic mass is 32.2. The zero-order valence-electron chi connectivity index (χ0n) is 15.9. The van der Waals surface area contributed by atoms with Crippen LogP contribution in [0.25, 0.3) is 0 Å². The molecule has 0 unspecified atom stereocenters. The topological polar surface area (TPSA) is 113 Å². The normalized spacial score (nSPS) is 23.9. The van der Waals surface area contributed by atoms with Crippen molar-refractivity contribution in [1.82, 2.24) is 4.72 Å². The third-order valence-electron chi connectivity index (χ3n) is 5.78. The SMILES string of the molecule is O=C(O)[C@H]1CCCC[C@@H]1C(=O)Nc1ccc(S(=O)(=O)NC2CCCCC2)cc1. The van der Waals surface area contributed by atoms with Gasteiger partial charge < -0.3 is 10.4 Å². The maximum atomic E-state index is 12.5. The highest BCUT2D eigenvalue weighted by Gasteiger charge is 2.35. The lowest BCUT2D eigenvalue weighted by atomic mass is 9.78. The predicted molar refractivity (Wildman–Crippen MR) is 105 cm³/mol. The minimum atomic E-state index is -3.59. The number of carbonyl (C=O) groups excluding carboxylic acids is 1. The van der Waals surface area contributed by atoms with E-state index in [4.69, 9.17) is 0 Å². The first-order valence-electron chi connectivity index (χ1n) is 10.0. The average molecular weight is 409 g/mol. The number of sulfonamides is 1. The van der Waals surface area contributed by atoms with Crippen molar-refractivity contribution in [3.05, 3.63) is 24.3 Å². The Labute approximate surface area is 166 Å². The highest BCUT2D eigenvalue weighted by molar-refractivity contribution is 7.89. The second kappa shape index (κ2) is 9.05. The molecule has 0 radical (unpaired) electrons. The number of rotatable bonds is 6. The van der Waals surface area contributed by atoms with Crippen molar-refractivity contribution in [2.45, 2.75) is 68.7 Å². The van der Waals surface area contributed by atoms with E-state index in [-0.39, 0.29) is 16.8 Å². The van der Waals surface area contributed by atoms with E-state index in [2.05, 4.69) is 10.0 Å². The minimum Gasteiger partial charge on any atom is -0.481 e. The van der Waals surface area contributed by atoms with Crippen LogP contribution in [0.2, 0.25) is 0 Å². The Morgan fingerprint density at radius 3 is 2.04 bits per heavy atom. The lowest BCUT2D eigenvalue weighted by molar-refractivity contribution is -0.147. The van der Waals surface area contributed by atoms with Crippen molar-refractivity contribution in [2.75, 3.05) is 5.32 Å². The van der Waals surface area contributed by atoms with E-state index in [0.29, 0.717) is 18.5 Å². The third-order valence-corrected chi connectivity index (χ3v) is 7.32. The minimum absolute atomic E-state index is 0.0163. The first-order valence-corrected chi connectivity index (χ1v) is 11.5. The molecule has 7 nitrogen and oxygen atoms in total. The van der Waals surface area contributed by atoms with Gasteiger partial charge in [-0.05, 0) is 49.9 Å². The third kappa shape index (κ3) is 5.11. The van der Waals surface area contributed by atoms with Crippen LogP contribution in [0.4, 0.5) is 5.69 Å². The summed E-state index contributed by atoms with van der Waals surface area (Å²) < 4.78 is 27.8. The maximum absolute atomic E-state index is 12.5. The number of carboxylic acid groups (broad SMARTS) is 1. The van der Waals surface area contributed by atoms with Gasteiger partial charge >= 0.3 is 5.97 Å². The molecule has 2 saturated carbocycles. The van der Waals surface area contributed by atoms with Crippen LogP contribution < -0.4 is 10.0 Å². The molecule has 2 fully saturated rings. The second-order valence-electron chi connectivity index (χ2n) is 7.81. The summed E-state index contributed by atoms with van der Waals surface area (Å²) in [5.74, 6) is -2.46. The van der Waals surface area contributed by atoms with Gasteiger partial charge in [-0.25, -0.2) is 13.1 Å². The van der Waals surface area contributed by atoms with Gasteiger partial charge in [-0.1, -0.05) is 32.1 Å². The molecule has 1 aromatic rings. The van der Waals surface area contributed by atoms with E-state index >= 15 is 0 Å². The molecule has 8 heteroatoms. The zero-order chi connectivity index (χ0) is 20.1. The molecule has 3 N–H and O–H groups in total. The molecule has 154 valence electrons. The Balaban J connectivity index is 1.63. The molecule has 0 saturated heterocycles. The van der Waals surface area contributed by atoms with E-state index in [1.807, 2.05) is 0 Å². The number of carbonyl (C=O) groups is 2. The summed E-state index contributed by atoms with van der Waals surface area (Å²) in [5, 5.41) is 12.1. The van der Waals surface area contributed by atoms with Gasteiger partial charge in [0.05, 0.1) is 16.7 Å². The molecule has 2 atom stereocenters. The van der Waals surface area contributed by atoms with Gasteiger partial charge in [-0.3, -0.25) is 9.59 Å². The maximum Gasteiger partial charge on any atom is 0.307 e. The number of hydrogen-bond donors (Lipinski definition) is 3. The van der Waals surface area contributed by atoms with Gasteiger partial charge in [0.25, 0.3) is 0 Å². The van der Waals surface area contributed by atoms with Crippen molar-refractivity contribution >= 4 is 27.6 Å². The molecule has 1 amide bonds. The van der Waals surface area contributed by atoms with Crippen LogP contribution in [0.3, 0.4) is 0 Å². The molecule has 0 aromatic heterocycles. The summed E-state index contributed by atoms with van der Waals surface area (Å²) in [6, 6.07) is 6.02. The Morgan fingerprint density at radius 1 is 0.857 bits per heavy atom. The number of nitrogens with one attached hydrogen (secondary N) is 2. The molecule has 0 bridgehead atoms. The van der Waals surface area contributed by atoms with Gasteiger partial charge in [0.1, 0.15) is 0 Å². The molecule has 2 aliphatic rings. The first kappa shape index (κ1) is 20.8. The lowest BCUT2D eigenvalue weighted by Gasteiger charge is -2.27. The fourth-order valence-electron chi connectivity index (χ4n) is 4.20. The smallest absolute Gasteiger partial charge is 0.307 e. The monoisotopic (exact) mass is 408 g/mol. The van der Waals surface area contributed by atoms with Crippen LogP contribution in [-0.2, 0) is 19.6 Å². The van der Waals surface area contributed by atoms with E-state index < -0.39 is 27.8 Å². The van der Waals surface area contributed by atoms with Crippen LogP contribution in [0.15, 0.2) is 29.2 Å². The molecule has 1 aromatic carbocycles. The summed E-state index contributed by atoms with van der Waals surface area (Å²) in [6.45, 7) is 0. The fourth-order valence-corrected chi connectivity index (χ4v) is 5.51. The molecule has 28 heavy (non-hydrogen) atoms. The summed E-state index contributed by atoms with van der Waals surface area (Å²) in [4.78, 5) is 24.1. The number of amides is 1. The van der Waals surface area contributed by atoms with Crippen LogP contribution in [0.1, 0.15) is 57.8 Å².